The van der Waals surface area contributed by atoms with Crippen LogP contribution in [-0.4, -0.2) is 11.5 Å². The Morgan fingerprint density at radius 1 is 1.33 bits per heavy atom. The predicted octanol–water partition coefficient (Wildman–Crippen LogP) is 3.91. The summed E-state index contributed by atoms with van der Waals surface area (Å²) in [7, 11) is 0. The lowest BCUT2D eigenvalue weighted by Gasteiger charge is -2.13. The van der Waals surface area contributed by atoms with Crippen molar-refractivity contribution in [3.05, 3.63) is 28.8 Å². The summed E-state index contributed by atoms with van der Waals surface area (Å²) in [6.45, 7) is 4.18. The number of hydrogen-bond acceptors (Lipinski definition) is 2. The van der Waals surface area contributed by atoms with Gasteiger partial charge in [-0.15, -0.1) is 11.8 Å². The van der Waals surface area contributed by atoms with Crippen molar-refractivity contribution in [3.8, 4) is 0 Å². The minimum atomic E-state index is -0.357. The molecule has 0 aliphatic heterocycles. The maximum atomic E-state index is 11.2. The highest BCUT2D eigenvalue weighted by Gasteiger charge is 2.14. The summed E-state index contributed by atoms with van der Waals surface area (Å²) in [5.41, 5.74) is 3.03. The lowest BCUT2D eigenvalue weighted by Crippen LogP contribution is -2.01. The number of thioether (sulfide) groups is 1. The Labute approximate surface area is 100 Å². The van der Waals surface area contributed by atoms with Crippen LogP contribution in [0, 0.1) is 0 Å². The van der Waals surface area contributed by atoms with Crippen molar-refractivity contribution in [2.45, 2.75) is 31.6 Å². The highest BCUT2D eigenvalue weighted by molar-refractivity contribution is 7.98. The van der Waals surface area contributed by atoms with Crippen LogP contribution in [0.25, 0.3) is 0 Å². The van der Waals surface area contributed by atoms with Crippen molar-refractivity contribution < 1.29 is 4.79 Å². The van der Waals surface area contributed by atoms with E-state index in [1.807, 2.05) is 18.4 Å². The molecule has 1 nitrogen and oxygen atoms in total. The van der Waals surface area contributed by atoms with E-state index in [2.05, 4.69) is 13.8 Å². The van der Waals surface area contributed by atoms with Gasteiger partial charge in [-0.2, -0.15) is 0 Å². The van der Waals surface area contributed by atoms with Crippen LogP contribution in [0.3, 0.4) is 0 Å². The molecule has 0 radical (unpaired) electrons. The predicted molar refractivity (Wildman–Crippen MR) is 67.2 cm³/mol. The fraction of sp³-hybridized carbons (Fsp3) is 0.417. The minimum absolute atomic E-state index is 0.357. The van der Waals surface area contributed by atoms with Crippen molar-refractivity contribution in [3.63, 3.8) is 0 Å². The molecule has 0 saturated carbocycles. The zero-order chi connectivity index (χ0) is 11.4. The molecule has 15 heavy (non-hydrogen) atoms. The molecule has 0 aromatic heterocycles. The molecule has 0 aliphatic rings. The number of halogens is 1. The second-order valence-corrected chi connectivity index (χ2v) is 4.42. The summed E-state index contributed by atoms with van der Waals surface area (Å²) in [6.07, 6.45) is 3.87. The number of rotatable bonds is 4. The number of hydrogen-bond donors (Lipinski definition) is 0. The second kappa shape index (κ2) is 5.57. The Kier molecular flexibility index (Phi) is 4.68. The molecule has 0 N–H and O–H groups in total. The van der Waals surface area contributed by atoms with Crippen molar-refractivity contribution in [1.29, 1.82) is 0 Å². The Bertz CT molecular complexity index is 374. The summed E-state index contributed by atoms with van der Waals surface area (Å²) in [4.78, 5) is 12.5. The number of carbonyl (C=O) groups excluding carboxylic acids is 1. The van der Waals surface area contributed by atoms with Gasteiger partial charge in [-0.05, 0) is 47.9 Å². The first kappa shape index (κ1) is 12.6. The molecule has 1 aromatic rings. The maximum absolute atomic E-state index is 11.2. The SMILES string of the molecule is CCc1ccc(C(=O)Cl)c(CC)c1SC. The van der Waals surface area contributed by atoms with E-state index in [1.54, 1.807) is 11.8 Å². The highest BCUT2D eigenvalue weighted by atomic mass is 35.5. The van der Waals surface area contributed by atoms with Gasteiger partial charge in [0.2, 0.25) is 0 Å². The number of aryl methyl sites for hydroxylation is 1. The summed E-state index contributed by atoms with van der Waals surface area (Å²) in [5, 5.41) is -0.357. The maximum Gasteiger partial charge on any atom is 0.252 e. The minimum Gasteiger partial charge on any atom is -0.276 e. The van der Waals surface area contributed by atoms with Crippen LogP contribution < -0.4 is 0 Å². The topological polar surface area (TPSA) is 17.1 Å². The van der Waals surface area contributed by atoms with Gasteiger partial charge < -0.3 is 0 Å². The molecular formula is C12H15ClOS. The monoisotopic (exact) mass is 242 g/mol. The van der Waals surface area contributed by atoms with Crippen LogP contribution in [0.4, 0.5) is 0 Å². The van der Waals surface area contributed by atoms with Gasteiger partial charge in [0, 0.05) is 10.5 Å². The van der Waals surface area contributed by atoms with Gasteiger partial charge in [0.15, 0.2) is 0 Å². The van der Waals surface area contributed by atoms with E-state index in [1.165, 1.54) is 10.5 Å². The molecule has 0 unspecified atom stereocenters. The van der Waals surface area contributed by atoms with E-state index in [4.69, 9.17) is 11.6 Å². The molecule has 0 atom stereocenters. The average Bonchev–Trinajstić information content (AvgIpc) is 2.26. The van der Waals surface area contributed by atoms with Crippen LogP contribution in [0.15, 0.2) is 17.0 Å². The van der Waals surface area contributed by atoms with Crippen LogP contribution >= 0.6 is 23.4 Å². The van der Waals surface area contributed by atoms with Crippen LogP contribution in [0.2, 0.25) is 0 Å². The molecule has 1 rings (SSSR count). The number of carbonyl (C=O) groups is 1. The fourth-order valence-corrected chi connectivity index (χ4v) is 2.90. The Morgan fingerprint density at radius 3 is 2.40 bits per heavy atom. The van der Waals surface area contributed by atoms with Gasteiger partial charge in [-0.3, -0.25) is 4.79 Å². The third-order valence-corrected chi connectivity index (χ3v) is 3.61. The quantitative estimate of drug-likeness (QED) is 0.588. The largest absolute Gasteiger partial charge is 0.276 e. The molecule has 3 heteroatoms. The first-order valence-corrected chi connectivity index (χ1v) is 6.64. The van der Waals surface area contributed by atoms with E-state index < -0.39 is 0 Å². The smallest absolute Gasteiger partial charge is 0.252 e. The normalized spacial score (nSPS) is 10.4. The number of benzene rings is 1. The average molecular weight is 243 g/mol. The van der Waals surface area contributed by atoms with E-state index in [-0.39, 0.29) is 5.24 Å². The van der Waals surface area contributed by atoms with Crippen LogP contribution in [0.5, 0.6) is 0 Å². The Hall–Kier alpha value is -0.470. The van der Waals surface area contributed by atoms with Crippen molar-refractivity contribution in [1.82, 2.24) is 0 Å². The third kappa shape index (κ3) is 2.56. The molecule has 0 aliphatic carbocycles. The van der Waals surface area contributed by atoms with Gasteiger partial charge in [-0.25, -0.2) is 0 Å². The molecule has 0 fully saturated rings. The molecule has 82 valence electrons. The van der Waals surface area contributed by atoms with Gasteiger partial charge in [-0.1, -0.05) is 19.9 Å². The lowest BCUT2D eigenvalue weighted by atomic mass is 10.0. The summed E-state index contributed by atoms with van der Waals surface area (Å²) in [5.74, 6) is 0. The second-order valence-electron chi connectivity index (χ2n) is 3.26. The summed E-state index contributed by atoms with van der Waals surface area (Å²) >= 11 is 7.26. The van der Waals surface area contributed by atoms with Crippen LogP contribution in [0.1, 0.15) is 35.3 Å². The van der Waals surface area contributed by atoms with E-state index in [0.29, 0.717) is 5.56 Å². The Morgan fingerprint density at radius 2 is 2.00 bits per heavy atom. The third-order valence-electron chi connectivity index (χ3n) is 2.49. The molecule has 0 heterocycles. The fourth-order valence-electron chi connectivity index (χ4n) is 1.74. The molecule has 0 saturated heterocycles. The molecule has 0 spiro atoms. The zero-order valence-electron chi connectivity index (χ0n) is 9.26. The Balaban J connectivity index is 3.40. The molecular weight excluding hydrogens is 228 g/mol. The molecule has 1 aromatic carbocycles. The van der Waals surface area contributed by atoms with Crippen molar-refractivity contribution in [2.24, 2.45) is 0 Å². The van der Waals surface area contributed by atoms with Gasteiger partial charge >= 0.3 is 0 Å². The van der Waals surface area contributed by atoms with E-state index >= 15 is 0 Å². The van der Waals surface area contributed by atoms with Gasteiger partial charge in [0.25, 0.3) is 5.24 Å². The summed E-state index contributed by atoms with van der Waals surface area (Å²) in [6, 6.07) is 3.84. The molecule has 0 amide bonds. The highest BCUT2D eigenvalue weighted by Crippen LogP contribution is 2.29. The lowest BCUT2D eigenvalue weighted by molar-refractivity contribution is 0.108. The first-order valence-electron chi connectivity index (χ1n) is 5.04. The van der Waals surface area contributed by atoms with Crippen molar-refractivity contribution in [2.75, 3.05) is 6.26 Å². The van der Waals surface area contributed by atoms with Gasteiger partial charge in [0.1, 0.15) is 0 Å². The first-order chi connectivity index (χ1) is 7.15. The zero-order valence-corrected chi connectivity index (χ0v) is 10.8. The van der Waals surface area contributed by atoms with Crippen molar-refractivity contribution >= 4 is 28.6 Å². The molecule has 0 bridgehead atoms. The summed E-state index contributed by atoms with van der Waals surface area (Å²) < 4.78 is 0. The van der Waals surface area contributed by atoms with E-state index in [9.17, 15) is 4.79 Å². The standard InChI is InChI=1S/C12H15ClOS/c1-4-8-6-7-10(12(13)14)9(5-2)11(8)15-3/h6-7H,4-5H2,1-3H3. The van der Waals surface area contributed by atoms with Crippen LogP contribution in [-0.2, 0) is 12.8 Å². The van der Waals surface area contributed by atoms with Gasteiger partial charge in [0.05, 0.1) is 0 Å². The van der Waals surface area contributed by atoms with E-state index in [0.717, 1.165) is 18.4 Å².